The lowest BCUT2D eigenvalue weighted by molar-refractivity contribution is -0.120. The van der Waals surface area contributed by atoms with E-state index in [2.05, 4.69) is 5.32 Å². The van der Waals surface area contributed by atoms with Gasteiger partial charge in [0.1, 0.15) is 0 Å². The second-order valence-corrected chi connectivity index (χ2v) is 9.38. The Labute approximate surface area is 177 Å². The maximum Gasteiger partial charge on any atom is 0.339 e. The summed E-state index contributed by atoms with van der Waals surface area (Å²) in [6.07, 6.45) is 1.19. The smallest absolute Gasteiger partial charge is 0.339 e. The Morgan fingerprint density at radius 3 is 2.57 bits per heavy atom. The Morgan fingerprint density at radius 2 is 1.83 bits per heavy atom. The zero-order valence-electron chi connectivity index (χ0n) is 17.1. The Kier molecular flexibility index (Phi) is 6.89. The second kappa shape index (κ2) is 9.40. The van der Waals surface area contributed by atoms with E-state index in [1.165, 1.54) is 11.4 Å². The molecule has 0 radical (unpaired) electrons. The highest BCUT2D eigenvalue weighted by Crippen LogP contribution is 2.24. The Hall–Kier alpha value is -2.71. The van der Waals surface area contributed by atoms with Crippen molar-refractivity contribution in [3.05, 3.63) is 65.2 Å². The van der Waals surface area contributed by atoms with Crippen LogP contribution in [0.25, 0.3) is 0 Å². The molecule has 1 amide bonds. The molecule has 2 aromatic rings. The number of hydrogen-bond donors (Lipinski definition) is 1. The summed E-state index contributed by atoms with van der Waals surface area (Å²) >= 11 is 0. The Morgan fingerprint density at radius 1 is 1.13 bits per heavy atom. The molecule has 0 bridgehead atoms. The van der Waals surface area contributed by atoms with Crippen LogP contribution in [-0.4, -0.2) is 44.8 Å². The van der Waals surface area contributed by atoms with E-state index in [0.29, 0.717) is 25.1 Å². The molecule has 0 saturated carbocycles. The van der Waals surface area contributed by atoms with Gasteiger partial charge in [-0.25, -0.2) is 17.5 Å². The van der Waals surface area contributed by atoms with E-state index in [0.717, 1.165) is 11.1 Å². The van der Waals surface area contributed by atoms with Crippen LogP contribution in [0, 0.1) is 12.8 Å². The fraction of sp³-hybridized carbons (Fsp3) is 0.364. The fourth-order valence-electron chi connectivity index (χ4n) is 3.58. The first-order valence-electron chi connectivity index (χ1n) is 9.82. The molecule has 0 aromatic heterocycles. The summed E-state index contributed by atoms with van der Waals surface area (Å²) in [7, 11) is -2.27. The van der Waals surface area contributed by atoms with Gasteiger partial charge in [0, 0.05) is 13.1 Å². The van der Waals surface area contributed by atoms with Gasteiger partial charge in [-0.15, -0.1) is 0 Å². The third-order valence-corrected chi connectivity index (χ3v) is 7.13. The third kappa shape index (κ3) is 5.06. The number of sulfonamides is 1. The molecule has 7 nitrogen and oxygen atoms in total. The van der Waals surface area contributed by atoms with Crippen LogP contribution in [-0.2, 0) is 25.3 Å². The van der Waals surface area contributed by atoms with Gasteiger partial charge in [0.25, 0.3) is 0 Å². The van der Waals surface area contributed by atoms with Gasteiger partial charge in [0.05, 0.1) is 30.0 Å². The predicted molar refractivity (Wildman–Crippen MR) is 115 cm³/mol. The Bertz CT molecular complexity index is 1040. The van der Waals surface area contributed by atoms with Crippen molar-refractivity contribution in [2.75, 3.05) is 25.5 Å². The van der Waals surface area contributed by atoms with E-state index in [1.807, 2.05) is 31.2 Å². The number of rotatable bonds is 6. The molecule has 0 unspecified atom stereocenters. The number of nitrogens with one attached hydrogen (secondary N) is 1. The number of hydrogen-bond acceptors (Lipinski definition) is 5. The molecule has 0 spiro atoms. The molecule has 1 fully saturated rings. The zero-order chi connectivity index (χ0) is 21.7. The number of benzene rings is 2. The highest BCUT2D eigenvalue weighted by Gasteiger charge is 2.33. The number of aryl methyl sites for hydroxylation is 1. The number of ether oxygens (including phenoxy) is 1. The zero-order valence-corrected chi connectivity index (χ0v) is 17.9. The van der Waals surface area contributed by atoms with E-state index >= 15 is 0 Å². The standard InChI is InChI=1S/C22H26N2O5S/c1-16-8-3-4-9-18(16)15-30(27,28)24-13-7-10-17(14-24)21(25)23-20-12-6-5-11-19(20)22(26)29-2/h3-6,8-9,11-12,17H,7,10,13-15H2,1-2H3,(H,23,25)/t17-/m0/s1. The monoisotopic (exact) mass is 430 g/mol. The van der Waals surface area contributed by atoms with E-state index < -0.39 is 21.9 Å². The van der Waals surface area contributed by atoms with Gasteiger partial charge in [-0.05, 0) is 43.0 Å². The number of methoxy groups -OCH3 is 1. The number of esters is 1. The lowest BCUT2D eigenvalue weighted by Gasteiger charge is -2.31. The SMILES string of the molecule is COC(=O)c1ccccc1NC(=O)[C@H]1CCCN(S(=O)(=O)Cc2ccccc2C)C1. The van der Waals surface area contributed by atoms with Gasteiger partial charge in [-0.1, -0.05) is 36.4 Å². The number of nitrogens with zero attached hydrogens (tertiary/aromatic N) is 1. The molecule has 1 saturated heterocycles. The molecular formula is C22H26N2O5S. The molecule has 0 aliphatic carbocycles. The Balaban J connectivity index is 1.71. The van der Waals surface area contributed by atoms with Crippen molar-refractivity contribution in [3.8, 4) is 0 Å². The predicted octanol–water partition coefficient (Wildman–Crippen LogP) is 2.96. The summed E-state index contributed by atoms with van der Waals surface area (Å²) in [6, 6.07) is 14.0. The summed E-state index contributed by atoms with van der Waals surface area (Å²) in [4.78, 5) is 24.7. The molecule has 2 aromatic carbocycles. The number of amides is 1. The van der Waals surface area contributed by atoms with Gasteiger partial charge in [-0.2, -0.15) is 0 Å². The molecule has 1 heterocycles. The number of para-hydroxylation sites is 1. The van der Waals surface area contributed by atoms with Gasteiger partial charge < -0.3 is 10.1 Å². The molecule has 1 atom stereocenters. The van der Waals surface area contributed by atoms with Crippen molar-refractivity contribution in [3.63, 3.8) is 0 Å². The van der Waals surface area contributed by atoms with Crippen LogP contribution in [0.5, 0.6) is 0 Å². The molecule has 160 valence electrons. The van der Waals surface area contributed by atoms with Gasteiger partial charge in [-0.3, -0.25) is 4.79 Å². The molecule has 1 N–H and O–H groups in total. The van der Waals surface area contributed by atoms with Crippen molar-refractivity contribution in [1.29, 1.82) is 0 Å². The van der Waals surface area contributed by atoms with Crippen LogP contribution >= 0.6 is 0 Å². The first-order valence-corrected chi connectivity index (χ1v) is 11.4. The summed E-state index contributed by atoms with van der Waals surface area (Å²) in [5.74, 6) is -1.42. The average Bonchev–Trinajstić information content (AvgIpc) is 2.75. The van der Waals surface area contributed by atoms with E-state index in [1.54, 1.807) is 24.3 Å². The topological polar surface area (TPSA) is 92.8 Å². The molecule has 8 heteroatoms. The normalized spacial score (nSPS) is 17.3. The molecular weight excluding hydrogens is 404 g/mol. The third-order valence-electron chi connectivity index (χ3n) is 5.34. The van der Waals surface area contributed by atoms with Crippen LogP contribution in [0.3, 0.4) is 0 Å². The molecule has 3 rings (SSSR count). The number of carbonyl (C=O) groups is 2. The first-order chi connectivity index (χ1) is 14.3. The lowest BCUT2D eigenvalue weighted by atomic mass is 9.98. The van der Waals surface area contributed by atoms with Crippen molar-refractivity contribution < 1.29 is 22.7 Å². The molecule has 1 aliphatic rings. The van der Waals surface area contributed by atoms with Crippen LogP contribution in [0.4, 0.5) is 5.69 Å². The number of anilines is 1. The highest BCUT2D eigenvalue weighted by atomic mass is 32.2. The highest BCUT2D eigenvalue weighted by molar-refractivity contribution is 7.88. The van der Waals surface area contributed by atoms with Crippen LogP contribution in [0.1, 0.15) is 34.3 Å². The van der Waals surface area contributed by atoms with Crippen LogP contribution < -0.4 is 5.32 Å². The van der Waals surface area contributed by atoms with Gasteiger partial charge >= 0.3 is 5.97 Å². The minimum atomic E-state index is -3.54. The van der Waals surface area contributed by atoms with Crippen molar-refractivity contribution in [1.82, 2.24) is 4.31 Å². The van der Waals surface area contributed by atoms with E-state index in [4.69, 9.17) is 4.74 Å². The summed E-state index contributed by atoms with van der Waals surface area (Å²) in [6.45, 7) is 2.41. The second-order valence-electron chi connectivity index (χ2n) is 7.41. The largest absolute Gasteiger partial charge is 0.465 e. The van der Waals surface area contributed by atoms with Crippen molar-refractivity contribution in [2.24, 2.45) is 5.92 Å². The van der Waals surface area contributed by atoms with Crippen molar-refractivity contribution in [2.45, 2.75) is 25.5 Å². The first kappa shape index (κ1) is 22.0. The van der Waals surface area contributed by atoms with E-state index in [-0.39, 0.29) is 23.8 Å². The number of carbonyl (C=O) groups excluding carboxylic acids is 2. The van der Waals surface area contributed by atoms with E-state index in [9.17, 15) is 18.0 Å². The molecule has 30 heavy (non-hydrogen) atoms. The fourth-order valence-corrected chi connectivity index (χ4v) is 5.30. The number of piperidine rings is 1. The van der Waals surface area contributed by atoms with Crippen LogP contribution in [0.2, 0.25) is 0 Å². The summed E-state index contributed by atoms with van der Waals surface area (Å²) in [5.41, 5.74) is 2.30. The van der Waals surface area contributed by atoms with Gasteiger partial charge in [0.15, 0.2) is 0 Å². The summed E-state index contributed by atoms with van der Waals surface area (Å²) < 4.78 is 32.1. The average molecular weight is 431 g/mol. The van der Waals surface area contributed by atoms with Crippen molar-refractivity contribution >= 4 is 27.6 Å². The molecule has 1 aliphatic heterocycles. The lowest BCUT2D eigenvalue weighted by Crippen LogP contribution is -2.44. The van der Waals surface area contributed by atoms with Crippen LogP contribution in [0.15, 0.2) is 48.5 Å². The maximum atomic E-state index is 12.9. The quantitative estimate of drug-likeness (QED) is 0.712. The minimum absolute atomic E-state index is 0.0841. The maximum absolute atomic E-state index is 12.9. The minimum Gasteiger partial charge on any atom is -0.465 e. The van der Waals surface area contributed by atoms with Gasteiger partial charge in [0.2, 0.25) is 15.9 Å². The summed E-state index contributed by atoms with van der Waals surface area (Å²) in [5, 5.41) is 2.77.